The van der Waals surface area contributed by atoms with Crippen molar-refractivity contribution in [3.05, 3.63) is 108 Å². The van der Waals surface area contributed by atoms with E-state index < -0.39 is 45.4 Å². The third-order valence-corrected chi connectivity index (χ3v) is 7.26. The van der Waals surface area contributed by atoms with Gasteiger partial charge >= 0.3 is 18.3 Å². The first-order valence-electron chi connectivity index (χ1n) is 17.5. The number of hydrogen-bond donors (Lipinski definition) is 6. The molecule has 0 atom stereocenters. The summed E-state index contributed by atoms with van der Waals surface area (Å²) in [6.07, 6.45) is -0.676. The van der Waals surface area contributed by atoms with Crippen LogP contribution in [0, 0.1) is 0 Å². The monoisotopic (exact) mass is 804 g/mol. The van der Waals surface area contributed by atoms with Crippen LogP contribution in [0.3, 0.4) is 0 Å². The zero-order valence-electron chi connectivity index (χ0n) is 32.9. The van der Waals surface area contributed by atoms with Crippen LogP contribution in [0.15, 0.2) is 97.1 Å². The van der Waals surface area contributed by atoms with Gasteiger partial charge in [-0.25, -0.2) is 22.8 Å². The van der Waals surface area contributed by atoms with E-state index in [1.54, 1.807) is 139 Å². The molecule has 17 heteroatoms. The van der Waals surface area contributed by atoms with Gasteiger partial charge in [0.25, 0.3) is 11.8 Å². The standard InChI is InChI=1S/C21H25N3O5.C19H23N3O5S/c1-5-28-19(26)24-17-8-6-7-14(13-17)18(25)22-15-9-11-16(12-10-15)23-20(27)29-21(2,3)4;1-19(2,3)27-18(24)21-15-10-8-14(9-11-15)20-17(23)13-6-5-7-16(12-13)22-28(4,25)26/h6-13H,5H2,1-4H3,(H,22,25)(H,23,27)(H,24,26);5-12,22H,1-4H3,(H,20,23)(H,21,24). The van der Waals surface area contributed by atoms with Gasteiger partial charge in [0, 0.05) is 45.3 Å². The molecule has 4 rings (SSSR count). The van der Waals surface area contributed by atoms with E-state index in [1.807, 2.05) is 0 Å². The van der Waals surface area contributed by atoms with E-state index in [9.17, 15) is 32.4 Å². The second kappa shape index (κ2) is 19.8. The minimum Gasteiger partial charge on any atom is -0.450 e. The zero-order chi connectivity index (χ0) is 42.4. The molecule has 0 aliphatic carbocycles. The van der Waals surface area contributed by atoms with Crippen LogP contribution in [-0.4, -0.2) is 62.6 Å². The molecule has 0 aliphatic heterocycles. The van der Waals surface area contributed by atoms with Crippen LogP contribution < -0.4 is 31.3 Å². The maximum atomic E-state index is 12.5. The normalized spacial score (nSPS) is 11.0. The van der Waals surface area contributed by atoms with Gasteiger partial charge in [-0.3, -0.25) is 30.3 Å². The summed E-state index contributed by atoms with van der Waals surface area (Å²) in [5.74, 6) is -0.740. The van der Waals surface area contributed by atoms with Crippen LogP contribution in [0.1, 0.15) is 69.2 Å². The molecule has 5 amide bonds. The lowest BCUT2D eigenvalue weighted by atomic mass is 10.2. The summed E-state index contributed by atoms with van der Waals surface area (Å²) >= 11 is 0. The van der Waals surface area contributed by atoms with Crippen molar-refractivity contribution >= 4 is 74.2 Å². The fourth-order valence-electron chi connectivity index (χ4n) is 4.48. The van der Waals surface area contributed by atoms with E-state index in [-0.39, 0.29) is 12.5 Å². The molecule has 16 nitrogen and oxygen atoms in total. The molecule has 0 saturated heterocycles. The lowest BCUT2D eigenvalue weighted by Gasteiger charge is -2.19. The van der Waals surface area contributed by atoms with Gasteiger partial charge < -0.3 is 24.8 Å². The third-order valence-electron chi connectivity index (χ3n) is 6.65. The molecule has 0 radical (unpaired) electrons. The molecule has 4 aromatic carbocycles. The van der Waals surface area contributed by atoms with Crippen LogP contribution in [0.5, 0.6) is 0 Å². The Hall–Kier alpha value is -6.62. The maximum Gasteiger partial charge on any atom is 0.412 e. The Kier molecular flexibility index (Phi) is 15.6. The van der Waals surface area contributed by atoms with Crippen molar-refractivity contribution in [2.75, 3.05) is 44.2 Å². The van der Waals surface area contributed by atoms with Crippen molar-refractivity contribution in [1.82, 2.24) is 0 Å². The third kappa shape index (κ3) is 17.6. The largest absolute Gasteiger partial charge is 0.450 e. The van der Waals surface area contributed by atoms with E-state index in [4.69, 9.17) is 14.2 Å². The van der Waals surface area contributed by atoms with Crippen molar-refractivity contribution in [1.29, 1.82) is 0 Å². The minimum atomic E-state index is -3.43. The molecule has 0 aromatic heterocycles. The summed E-state index contributed by atoms with van der Waals surface area (Å²) in [4.78, 5) is 59.9. The molecule has 4 aromatic rings. The van der Waals surface area contributed by atoms with Gasteiger partial charge in [-0.2, -0.15) is 0 Å². The maximum absolute atomic E-state index is 12.5. The van der Waals surface area contributed by atoms with Crippen LogP contribution >= 0.6 is 0 Å². The van der Waals surface area contributed by atoms with Crippen molar-refractivity contribution < 1.29 is 46.6 Å². The number of benzene rings is 4. The molecule has 0 bridgehead atoms. The summed E-state index contributed by atoms with van der Waals surface area (Å²) in [6.45, 7) is 12.6. The molecule has 6 N–H and O–H groups in total. The number of ether oxygens (including phenoxy) is 3. The van der Waals surface area contributed by atoms with Gasteiger partial charge in [0.1, 0.15) is 11.2 Å². The zero-order valence-corrected chi connectivity index (χ0v) is 33.8. The molecule has 0 unspecified atom stereocenters. The van der Waals surface area contributed by atoms with Gasteiger partial charge in [0.15, 0.2) is 0 Å². The Balaban J connectivity index is 0.000000306. The quantitative estimate of drug-likeness (QED) is 0.0839. The van der Waals surface area contributed by atoms with Crippen molar-refractivity contribution in [2.24, 2.45) is 0 Å². The second-order valence-corrected chi connectivity index (χ2v) is 15.9. The highest BCUT2D eigenvalue weighted by atomic mass is 32.2. The predicted molar refractivity (Wildman–Crippen MR) is 220 cm³/mol. The lowest BCUT2D eigenvalue weighted by Crippen LogP contribution is -2.27. The highest BCUT2D eigenvalue weighted by Crippen LogP contribution is 2.20. The Labute approximate surface area is 332 Å². The Morgan fingerprint density at radius 2 is 0.860 bits per heavy atom. The fourth-order valence-corrected chi connectivity index (χ4v) is 5.04. The molecule has 0 aliphatic rings. The number of sulfonamides is 1. The first kappa shape index (κ1) is 44.8. The highest BCUT2D eigenvalue weighted by Gasteiger charge is 2.18. The number of carbonyl (C=O) groups is 5. The van der Waals surface area contributed by atoms with E-state index in [2.05, 4.69) is 31.3 Å². The van der Waals surface area contributed by atoms with Gasteiger partial charge in [-0.05, 0) is 133 Å². The van der Waals surface area contributed by atoms with Gasteiger partial charge in [0.05, 0.1) is 12.9 Å². The topological polar surface area (TPSA) is 219 Å². The number of carbonyl (C=O) groups excluding carboxylic acids is 5. The van der Waals surface area contributed by atoms with Crippen LogP contribution in [0.2, 0.25) is 0 Å². The summed E-state index contributed by atoms with van der Waals surface area (Å²) in [5.41, 5.74) is 2.35. The van der Waals surface area contributed by atoms with E-state index in [0.29, 0.717) is 45.3 Å². The molecule has 57 heavy (non-hydrogen) atoms. The molecule has 0 saturated carbocycles. The number of amides is 5. The van der Waals surface area contributed by atoms with Gasteiger partial charge in [-0.1, -0.05) is 12.1 Å². The SMILES string of the molecule is CC(C)(C)OC(=O)Nc1ccc(NC(=O)c2cccc(NS(C)(=O)=O)c2)cc1.CCOC(=O)Nc1cccc(C(=O)Nc2ccc(NC(=O)OC(C)(C)C)cc2)c1. The van der Waals surface area contributed by atoms with E-state index in [1.165, 1.54) is 6.07 Å². The average Bonchev–Trinajstić information content (AvgIpc) is 3.08. The first-order valence-corrected chi connectivity index (χ1v) is 19.4. The molecular weight excluding hydrogens is 757 g/mol. The molecule has 304 valence electrons. The lowest BCUT2D eigenvalue weighted by molar-refractivity contribution is 0.0624. The number of anilines is 6. The van der Waals surface area contributed by atoms with Crippen LogP contribution in [0.4, 0.5) is 48.5 Å². The minimum absolute atomic E-state index is 0.255. The Morgan fingerprint density at radius 3 is 1.23 bits per heavy atom. The fraction of sp³-hybridized carbons (Fsp3) is 0.275. The number of hydrogen-bond acceptors (Lipinski definition) is 10. The van der Waals surface area contributed by atoms with E-state index >= 15 is 0 Å². The summed E-state index contributed by atoms with van der Waals surface area (Å²) < 4.78 is 40.1. The average molecular weight is 805 g/mol. The van der Waals surface area contributed by atoms with Crippen LogP contribution in [-0.2, 0) is 24.2 Å². The van der Waals surface area contributed by atoms with Gasteiger partial charge in [-0.15, -0.1) is 0 Å². The second-order valence-electron chi connectivity index (χ2n) is 14.2. The highest BCUT2D eigenvalue weighted by molar-refractivity contribution is 7.92. The Morgan fingerprint density at radius 1 is 0.509 bits per heavy atom. The first-order chi connectivity index (χ1) is 26.6. The molecule has 0 heterocycles. The molecule has 0 fully saturated rings. The predicted octanol–water partition coefficient (Wildman–Crippen LogP) is 8.51. The molecule has 0 spiro atoms. The summed E-state index contributed by atoms with van der Waals surface area (Å²) in [6, 6.07) is 25.8. The van der Waals surface area contributed by atoms with E-state index in [0.717, 1.165) is 6.26 Å². The van der Waals surface area contributed by atoms with Gasteiger partial charge in [0.2, 0.25) is 10.0 Å². The van der Waals surface area contributed by atoms with Crippen LogP contribution in [0.25, 0.3) is 0 Å². The van der Waals surface area contributed by atoms with Crippen molar-refractivity contribution in [3.63, 3.8) is 0 Å². The number of nitrogens with one attached hydrogen (secondary N) is 6. The summed E-state index contributed by atoms with van der Waals surface area (Å²) in [7, 11) is -3.43. The molecular formula is C40H48N6O10S. The smallest absolute Gasteiger partial charge is 0.412 e. The van der Waals surface area contributed by atoms with Crippen molar-refractivity contribution in [2.45, 2.75) is 59.7 Å². The number of rotatable bonds is 10. The Bertz CT molecular complexity index is 2150. The van der Waals surface area contributed by atoms with Crippen molar-refractivity contribution in [3.8, 4) is 0 Å². The summed E-state index contributed by atoms with van der Waals surface area (Å²) in [5, 5.41) is 13.2.